The molecule has 0 saturated heterocycles. The van der Waals surface area contributed by atoms with Crippen molar-refractivity contribution in [2.45, 2.75) is 33.0 Å². The molecule has 0 saturated carbocycles. The number of rotatable bonds is 9. The van der Waals surface area contributed by atoms with Crippen LogP contribution >= 0.6 is 24.0 Å². The summed E-state index contributed by atoms with van der Waals surface area (Å²) in [5, 5.41) is 14.8. The second kappa shape index (κ2) is 13.6. The van der Waals surface area contributed by atoms with Crippen LogP contribution < -0.4 is 20.1 Å². The minimum atomic E-state index is -2.97. The van der Waals surface area contributed by atoms with Crippen LogP contribution in [0.15, 0.2) is 41.4 Å². The molecule has 0 fully saturated rings. The van der Waals surface area contributed by atoms with E-state index in [0.29, 0.717) is 35.0 Å². The van der Waals surface area contributed by atoms with E-state index >= 15 is 0 Å². The predicted molar refractivity (Wildman–Crippen MR) is 122 cm³/mol. The zero-order valence-electron chi connectivity index (χ0n) is 17.1. The summed E-state index contributed by atoms with van der Waals surface area (Å²) in [7, 11) is 1.52. The SMILES string of the molecule is CCCOc1ccc(CNC(=NC)NCc2cc(C#N)ccc2F)c(OC(F)F)c1.I. The number of guanidine groups is 1. The Bertz CT molecular complexity index is 920. The second-order valence-corrected chi connectivity index (χ2v) is 6.19. The number of halogens is 4. The number of nitriles is 1. The van der Waals surface area contributed by atoms with Crippen molar-refractivity contribution in [1.29, 1.82) is 5.26 Å². The first-order chi connectivity index (χ1) is 14.5. The molecule has 0 aliphatic heterocycles. The molecule has 0 atom stereocenters. The minimum Gasteiger partial charge on any atom is -0.493 e. The van der Waals surface area contributed by atoms with E-state index in [4.69, 9.17) is 10.00 Å². The van der Waals surface area contributed by atoms with Gasteiger partial charge in [-0.3, -0.25) is 4.99 Å². The van der Waals surface area contributed by atoms with Gasteiger partial charge in [0.25, 0.3) is 0 Å². The average molecular weight is 548 g/mol. The summed E-state index contributed by atoms with van der Waals surface area (Å²) < 4.78 is 49.5. The predicted octanol–water partition coefficient (Wildman–Crippen LogP) is 4.57. The molecule has 168 valence electrons. The van der Waals surface area contributed by atoms with Gasteiger partial charge in [0.1, 0.15) is 17.3 Å². The highest BCUT2D eigenvalue weighted by Crippen LogP contribution is 2.26. The number of benzene rings is 2. The average Bonchev–Trinajstić information content (AvgIpc) is 2.74. The summed E-state index contributed by atoms with van der Waals surface area (Å²) in [5.41, 5.74) is 1.12. The standard InChI is InChI=1S/C21H23F3N4O2.HI/c1-3-8-29-17-6-5-15(19(10-17)30-20(23)24)12-27-21(26-2)28-13-16-9-14(11-25)4-7-18(16)22;/h4-7,9-10,20H,3,8,12-13H2,1-2H3,(H2,26,27,28);1H. The van der Waals surface area contributed by atoms with Gasteiger partial charge in [-0.1, -0.05) is 6.92 Å². The van der Waals surface area contributed by atoms with Crippen molar-refractivity contribution in [3.63, 3.8) is 0 Å². The third kappa shape index (κ3) is 8.53. The largest absolute Gasteiger partial charge is 0.493 e. The van der Waals surface area contributed by atoms with Crippen LogP contribution in [0, 0.1) is 17.1 Å². The number of aliphatic imine (C=N–C) groups is 1. The Morgan fingerprint density at radius 3 is 2.45 bits per heavy atom. The van der Waals surface area contributed by atoms with Crippen molar-refractivity contribution >= 4 is 29.9 Å². The number of hydrogen-bond donors (Lipinski definition) is 2. The fraction of sp³-hybridized carbons (Fsp3) is 0.333. The lowest BCUT2D eigenvalue weighted by atomic mass is 10.1. The molecule has 0 amide bonds. The van der Waals surface area contributed by atoms with Crippen molar-refractivity contribution in [3.05, 3.63) is 58.9 Å². The Hall–Kier alpha value is -2.68. The van der Waals surface area contributed by atoms with Gasteiger partial charge in [0.2, 0.25) is 0 Å². The van der Waals surface area contributed by atoms with Gasteiger partial charge in [-0.15, -0.1) is 24.0 Å². The summed E-state index contributed by atoms with van der Waals surface area (Å²) >= 11 is 0. The smallest absolute Gasteiger partial charge is 0.387 e. The van der Waals surface area contributed by atoms with Crippen LogP contribution in [0.3, 0.4) is 0 Å². The first-order valence-electron chi connectivity index (χ1n) is 9.30. The Morgan fingerprint density at radius 2 is 1.84 bits per heavy atom. The summed E-state index contributed by atoms with van der Waals surface area (Å²) in [5.74, 6) is 0.305. The highest BCUT2D eigenvalue weighted by molar-refractivity contribution is 14.0. The van der Waals surface area contributed by atoms with Crippen molar-refractivity contribution in [1.82, 2.24) is 10.6 Å². The van der Waals surface area contributed by atoms with Gasteiger partial charge in [0, 0.05) is 37.3 Å². The zero-order chi connectivity index (χ0) is 21.9. The maximum atomic E-state index is 13.9. The third-order valence-corrected chi connectivity index (χ3v) is 4.02. The Morgan fingerprint density at radius 1 is 1.13 bits per heavy atom. The Balaban J connectivity index is 0.00000480. The lowest BCUT2D eigenvalue weighted by Crippen LogP contribution is -2.36. The van der Waals surface area contributed by atoms with Gasteiger partial charge in [-0.2, -0.15) is 14.0 Å². The molecule has 0 aliphatic carbocycles. The van der Waals surface area contributed by atoms with Gasteiger partial charge in [-0.25, -0.2) is 4.39 Å². The number of nitrogens with zero attached hydrogens (tertiary/aromatic N) is 2. The van der Waals surface area contributed by atoms with E-state index in [1.54, 1.807) is 12.1 Å². The number of nitrogens with one attached hydrogen (secondary N) is 2. The zero-order valence-corrected chi connectivity index (χ0v) is 19.5. The van der Waals surface area contributed by atoms with Crippen LogP contribution in [-0.2, 0) is 13.1 Å². The van der Waals surface area contributed by atoms with Crippen molar-refractivity contribution in [3.8, 4) is 17.6 Å². The molecule has 0 radical (unpaired) electrons. The van der Waals surface area contributed by atoms with Crippen LogP contribution in [0.25, 0.3) is 0 Å². The molecule has 6 nitrogen and oxygen atoms in total. The van der Waals surface area contributed by atoms with Gasteiger partial charge in [0.15, 0.2) is 5.96 Å². The summed E-state index contributed by atoms with van der Waals surface area (Å²) in [6, 6.07) is 10.7. The van der Waals surface area contributed by atoms with Crippen molar-refractivity contribution < 1.29 is 22.6 Å². The first kappa shape index (κ1) is 26.4. The van der Waals surface area contributed by atoms with Crippen LogP contribution in [0.1, 0.15) is 30.0 Å². The summed E-state index contributed by atoms with van der Waals surface area (Å²) in [4.78, 5) is 4.03. The number of hydrogen-bond acceptors (Lipinski definition) is 4. The topological polar surface area (TPSA) is 78.7 Å². The molecule has 10 heteroatoms. The van der Waals surface area contributed by atoms with E-state index in [-0.39, 0.29) is 42.8 Å². The van der Waals surface area contributed by atoms with E-state index in [0.717, 1.165) is 6.42 Å². The quantitative estimate of drug-likeness (QED) is 0.273. The second-order valence-electron chi connectivity index (χ2n) is 6.19. The van der Waals surface area contributed by atoms with Gasteiger partial charge in [-0.05, 0) is 36.8 Å². The fourth-order valence-corrected chi connectivity index (χ4v) is 2.55. The van der Waals surface area contributed by atoms with E-state index in [1.165, 1.54) is 31.3 Å². The molecular formula is C21H24F3IN4O2. The molecule has 0 aliphatic rings. The van der Waals surface area contributed by atoms with Gasteiger partial charge < -0.3 is 20.1 Å². The maximum absolute atomic E-state index is 13.9. The minimum absolute atomic E-state index is 0. The molecule has 0 heterocycles. The highest BCUT2D eigenvalue weighted by Gasteiger charge is 2.12. The molecule has 0 bridgehead atoms. The van der Waals surface area contributed by atoms with Gasteiger partial charge >= 0.3 is 6.61 Å². The number of alkyl halides is 2. The fourth-order valence-electron chi connectivity index (χ4n) is 2.55. The Kier molecular flexibility index (Phi) is 11.6. The van der Waals surface area contributed by atoms with Crippen LogP contribution in [-0.4, -0.2) is 26.2 Å². The molecule has 31 heavy (non-hydrogen) atoms. The van der Waals surface area contributed by atoms with E-state index < -0.39 is 12.4 Å². The molecule has 0 spiro atoms. The summed E-state index contributed by atoms with van der Waals surface area (Å²) in [6.45, 7) is -0.346. The molecular weight excluding hydrogens is 524 g/mol. The Labute approximate surface area is 196 Å². The normalized spacial score (nSPS) is 10.8. The van der Waals surface area contributed by atoms with Crippen LogP contribution in [0.2, 0.25) is 0 Å². The van der Waals surface area contributed by atoms with Crippen molar-refractivity contribution in [2.75, 3.05) is 13.7 Å². The van der Waals surface area contributed by atoms with Crippen LogP contribution in [0.5, 0.6) is 11.5 Å². The third-order valence-electron chi connectivity index (χ3n) is 4.02. The van der Waals surface area contributed by atoms with E-state index in [9.17, 15) is 13.2 Å². The number of ether oxygens (including phenoxy) is 2. The van der Waals surface area contributed by atoms with Gasteiger partial charge in [0.05, 0.1) is 18.2 Å². The molecule has 0 aromatic heterocycles. The first-order valence-corrected chi connectivity index (χ1v) is 9.30. The van der Waals surface area contributed by atoms with Crippen molar-refractivity contribution in [2.24, 2.45) is 4.99 Å². The molecule has 2 aromatic rings. The maximum Gasteiger partial charge on any atom is 0.387 e. The highest BCUT2D eigenvalue weighted by atomic mass is 127. The molecule has 2 rings (SSSR count). The molecule has 2 N–H and O–H groups in total. The summed E-state index contributed by atoms with van der Waals surface area (Å²) in [6.07, 6.45) is 0.786. The lowest BCUT2D eigenvalue weighted by molar-refractivity contribution is -0.0505. The molecule has 2 aromatic carbocycles. The van der Waals surface area contributed by atoms with Crippen LogP contribution in [0.4, 0.5) is 13.2 Å². The van der Waals surface area contributed by atoms with E-state index in [1.807, 2.05) is 13.0 Å². The molecule has 0 unspecified atom stereocenters. The lowest BCUT2D eigenvalue weighted by Gasteiger charge is -2.16. The monoisotopic (exact) mass is 548 g/mol. The van der Waals surface area contributed by atoms with E-state index in [2.05, 4.69) is 20.4 Å².